The predicted octanol–water partition coefficient (Wildman–Crippen LogP) is 7.04. The van der Waals surface area contributed by atoms with Gasteiger partial charge in [-0.2, -0.15) is 0 Å². The molecule has 0 saturated heterocycles. The number of carboxylic acids is 1. The smallest absolute Gasteiger partial charge is 0.307 e. The Morgan fingerprint density at radius 1 is 0.939 bits per heavy atom. The molecule has 5 nitrogen and oxygen atoms in total. The Kier molecular flexibility index (Phi) is 5.87. The number of hydrogen-bond donors (Lipinski definition) is 2. The first kappa shape index (κ1) is 21.6. The molecule has 1 fully saturated rings. The zero-order valence-electron chi connectivity index (χ0n) is 17.6. The van der Waals surface area contributed by atoms with Gasteiger partial charge in [0.15, 0.2) is 10.9 Å². The molecule has 3 aromatic carbocycles. The van der Waals surface area contributed by atoms with Gasteiger partial charge in [0.05, 0.1) is 16.1 Å². The molecule has 0 unspecified atom stereocenters. The van der Waals surface area contributed by atoms with Crippen LogP contribution in [0, 0.1) is 11.8 Å². The lowest BCUT2D eigenvalue weighted by atomic mass is 9.88. The van der Waals surface area contributed by atoms with Gasteiger partial charge in [0.1, 0.15) is 0 Å². The van der Waals surface area contributed by atoms with Crippen molar-refractivity contribution < 1.29 is 14.7 Å². The zero-order chi connectivity index (χ0) is 22.9. The van der Waals surface area contributed by atoms with Crippen LogP contribution in [-0.2, 0) is 4.79 Å². The highest BCUT2D eigenvalue weighted by molar-refractivity contribution is 7.22. The third-order valence-corrected chi connectivity index (χ3v) is 7.33. The lowest BCUT2D eigenvalue weighted by Crippen LogP contribution is -2.25. The van der Waals surface area contributed by atoms with Gasteiger partial charge in [-0.25, -0.2) is 4.98 Å². The van der Waals surface area contributed by atoms with Crippen molar-refractivity contribution in [2.45, 2.75) is 19.3 Å². The van der Waals surface area contributed by atoms with Crippen LogP contribution in [0.5, 0.6) is 0 Å². The van der Waals surface area contributed by atoms with Crippen LogP contribution in [-0.4, -0.2) is 21.8 Å². The van der Waals surface area contributed by atoms with Crippen molar-refractivity contribution in [1.82, 2.24) is 4.98 Å². The van der Waals surface area contributed by atoms with Gasteiger partial charge in [0, 0.05) is 22.2 Å². The van der Waals surface area contributed by atoms with Crippen molar-refractivity contribution in [1.29, 1.82) is 0 Å². The van der Waals surface area contributed by atoms with Gasteiger partial charge in [0.25, 0.3) is 0 Å². The number of carbonyl (C=O) groups is 2. The molecule has 0 aliphatic heterocycles. The summed E-state index contributed by atoms with van der Waals surface area (Å²) in [7, 11) is 0. The highest BCUT2D eigenvalue weighted by Crippen LogP contribution is 2.35. The van der Waals surface area contributed by atoms with Gasteiger partial charge in [-0.3, -0.25) is 9.59 Å². The molecule has 7 heteroatoms. The highest BCUT2D eigenvalue weighted by Gasteiger charge is 2.37. The molecule has 0 spiro atoms. The molecule has 1 aromatic heterocycles. The van der Waals surface area contributed by atoms with Gasteiger partial charge in [-0.05, 0) is 54.3 Å². The number of aliphatic carboxylic acids is 1. The van der Waals surface area contributed by atoms with Gasteiger partial charge >= 0.3 is 5.97 Å². The molecule has 1 aliphatic rings. The maximum atomic E-state index is 12.8. The molecular weight excluding hydrogens is 456 g/mol. The number of nitrogens with zero attached hydrogens (tertiary/aromatic N) is 1. The number of benzene rings is 3. The predicted molar refractivity (Wildman–Crippen MR) is 133 cm³/mol. The number of anilines is 2. The second kappa shape index (κ2) is 8.96. The molecule has 0 radical (unpaired) electrons. The van der Waals surface area contributed by atoms with Crippen LogP contribution in [0.25, 0.3) is 21.3 Å². The van der Waals surface area contributed by atoms with Gasteiger partial charge in [-0.15, -0.1) is 0 Å². The monoisotopic (exact) mass is 476 g/mol. The number of carboxylic acid groups (broad SMARTS) is 1. The minimum atomic E-state index is -0.870. The minimum absolute atomic E-state index is 0.0666. The van der Waals surface area contributed by atoms with Crippen LogP contribution < -0.4 is 5.32 Å². The second-order valence-electron chi connectivity index (χ2n) is 8.26. The molecule has 0 bridgehead atoms. The minimum Gasteiger partial charge on any atom is -0.481 e. The fraction of sp³-hybridized carbons (Fsp3) is 0.192. The van der Waals surface area contributed by atoms with E-state index in [4.69, 9.17) is 11.6 Å². The molecule has 1 aliphatic carbocycles. The Bertz CT molecular complexity index is 1330. The Morgan fingerprint density at radius 3 is 2.30 bits per heavy atom. The van der Waals surface area contributed by atoms with Crippen LogP contribution in [0.1, 0.15) is 29.6 Å². The largest absolute Gasteiger partial charge is 0.481 e. The summed E-state index contributed by atoms with van der Waals surface area (Å²) in [4.78, 5) is 28.8. The standard InChI is InChI=1S/C26H21ClN2O3S/c27-18-10-13-22-23(14-18)33-26(29-22)28-19-11-8-16(9-12-19)15-4-6-17(7-5-15)24(30)20-2-1-3-21(20)25(31)32/h4-14,20-21H,1-3H2,(H,28,29)(H,31,32)/t20-,21-/m0/s1. The summed E-state index contributed by atoms with van der Waals surface area (Å²) in [5.74, 6) is -1.92. The molecule has 5 rings (SSSR count). The van der Waals surface area contributed by atoms with E-state index < -0.39 is 17.8 Å². The molecule has 4 aromatic rings. The zero-order valence-corrected chi connectivity index (χ0v) is 19.2. The quantitative estimate of drug-likeness (QED) is 0.291. The van der Waals surface area contributed by atoms with E-state index in [-0.39, 0.29) is 5.78 Å². The van der Waals surface area contributed by atoms with Crippen LogP contribution in [0.2, 0.25) is 5.02 Å². The average Bonchev–Trinajstić information content (AvgIpc) is 3.46. The van der Waals surface area contributed by atoms with Crippen molar-refractivity contribution in [3.63, 3.8) is 0 Å². The first-order valence-electron chi connectivity index (χ1n) is 10.8. The van der Waals surface area contributed by atoms with Crippen LogP contribution >= 0.6 is 22.9 Å². The number of thiazole rings is 1. The molecule has 33 heavy (non-hydrogen) atoms. The average molecular weight is 477 g/mol. The van der Waals surface area contributed by atoms with Crippen molar-refractivity contribution in [3.8, 4) is 11.1 Å². The van der Waals surface area contributed by atoms with Crippen LogP contribution in [0.3, 0.4) is 0 Å². The molecule has 1 saturated carbocycles. The lowest BCUT2D eigenvalue weighted by Gasteiger charge is -2.14. The Morgan fingerprint density at radius 2 is 1.61 bits per heavy atom. The normalized spacial score (nSPS) is 17.8. The second-order valence-corrected chi connectivity index (χ2v) is 9.72. The summed E-state index contributed by atoms with van der Waals surface area (Å²) in [6, 6.07) is 21.1. The summed E-state index contributed by atoms with van der Waals surface area (Å²) >= 11 is 7.61. The Hall–Kier alpha value is -3.22. The number of hydrogen-bond acceptors (Lipinski definition) is 5. The number of Topliss-reactive ketones (excluding diaryl/α,β-unsaturated/α-hetero) is 1. The number of fused-ring (bicyclic) bond motifs is 1. The fourth-order valence-corrected chi connectivity index (χ4v) is 5.59. The molecule has 0 amide bonds. The molecule has 166 valence electrons. The van der Waals surface area contributed by atoms with E-state index in [1.165, 1.54) is 0 Å². The van der Waals surface area contributed by atoms with Gasteiger partial charge in [-0.1, -0.05) is 65.8 Å². The molecule has 2 N–H and O–H groups in total. The van der Waals surface area contributed by atoms with Crippen molar-refractivity contribution in [2.24, 2.45) is 11.8 Å². The van der Waals surface area contributed by atoms with Crippen LogP contribution in [0.15, 0.2) is 66.7 Å². The number of carbonyl (C=O) groups excluding carboxylic acids is 1. The molecular formula is C26H21ClN2O3S. The van der Waals surface area contributed by atoms with E-state index >= 15 is 0 Å². The van der Waals surface area contributed by atoms with Crippen molar-refractivity contribution in [2.75, 3.05) is 5.32 Å². The van der Waals surface area contributed by atoms with Gasteiger partial charge < -0.3 is 10.4 Å². The Balaban J connectivity index is 1.29. The van der Waals surface area contributed by atoms with Crippen molar-refractivity contribution in [3.05, 3.63) is 77.3 Å². The van der Waals surface area contributed by atoms with E-state index in [0.29, 0.717) is 23.4 Å². The number of halogens is 1. The third kappa shape index (κ3) is 4.49. The lowest BCUT2D eigenvalue weighted by molar-refractivity contribution is -0.142. The summed E-state index contributed by atoms with van der Waals surface area (Å²) in [5.41, 5.74) is 4.43. The summed E-state index contributed by atoms with van der Waals surface area (Å²) in [5, 5.41) is 14.2. The van der Waals surface area contributed by atoms with E-state index in [0.717, 1.165) is 38.6 Å². The van der Waals surface area contributed by atoms with Gasteiger partial charge in [0.2, 0.25) is 0 Å². The van der Waals surface area contributed by atoms with E-state index in [1.807, 2.05) is 54.6 Å². The van der Waals surface area contributed by atoms with E-state index in [2.05, 4.69) is 10.3 Å². The van der Waals surface area contributed by atoms with E-state index in [1.54, 1.807) is 23.5 Å². The first-order valence-corrected chi connectivity index (χ1v) is 12.0. The van der Waals surface area contributed by atoms with E-state index in [9.17, 15) is 14.7 Å². The first-order chi connectivity index (χ1) is 16.0. The SMILES string of the molecule is O=C(O)[C@H]1CCC[C@@H]1C(=O)c1ccc(-c2ccc(Nc3nc4ccc(Cl)cc4s3)cc2)cc1. The number of aromatic nitrogens is 1. The summed E-state index contributed by atoms with van der Waals surface area (Å²) < 4.78 is 1.03. The number of nitrogens with one attached hydrogen (secondary N) is 1. The maximum Gasteiger partial charge on any atom is 0.307 e. The third-order valence-electron chi connectivity index (χ3n) is 6.16. The van der Waals surface area contributed by atoms with Crippen LogP contribution in [0.4, 0.5) is 10.8 Å². The fourth-order valence-electron chi connectivity index (χ4n) is 4.43. The summed E-state index contributed by atoms with van der Waals surface area (Å²) in [6.45, 7) is 0. The molecule has 1 heterocycles. The number of rotatable bonds is 6. The topological polar surface area (TPSA) is 79.3 Å². The highest BCUT2D eigenvalue weighted by atomic mass is 35.5. The maximum absolute atomic E-state index is 12.8. The van der Waals surface area contributed by atoms with Crippen molar-refractivity contribution >= 4 is 55.7 Å². The Labute approximate surface area is 200 Å². The number of ketones is 1. The molecule has 2 atom stereocenters. The summed E-state index contributed by atoms with van der Waals surface area (Å²) in [6.07, 6.45) is 2.01.